The van der Waals surface area contributed by atoms with Crippen molar-refractivity contribution in [3.63, 3.8) is 0 Å². The Hall–Kier alpha value is -0.730. The van der Waals surface area contributed by atoms with E-state index >= 15 is 0 Å². The minimum Gasteiger partial charge on any atom is -0.166 e. The Kier molecular flexibility index (Phi) is 2.07. The van der Waals surface area contributed by atoms with Gasteiger partial charge in [-0.2, -0.15) is 13.2 Å². The maximum Gasteiger partial charge on any atom is 0.416 e. The molecule has 0 aromatic heterocycles. The Morgan fingerprint density at radius 1 is 1.22 bits per heavy atom. The summed E-state index contributed by atoms with van der Waals surface area (Å²) in [5.41, 5.74) is -0.898. The summed E-state index contributed by atoms with van der Waals surface area (Å²) in [5.74, 6) is 0. The van der Waals surface area contributed by atoms with E-state index in [0.717, 1.165) is 0 Å². The summed E-state index contributed by atoms with van der Waals surface area (Å²) in [6, 6.07) is 0. The molecule has 0 aliphatic rings. The second-order valence-corrected chi connectivity index (χ2v) is 1.76. The Balaban J connectivity index is 4.23. The third-order valence-electron chi connectivity index (χ3n) is 0.857. The lowest BCUT2D eigenvalue weighted by atomic mass is 10.1. The molecule has 0 spiro atoms. The van der Waals surface area contributed by atoms with E-state index in [4.69, 9.17) is 0 Å². The average molecular weight is 136 g/mol. The summed E-state index contributed by atoms with van der Waals surface area (Å²) < 4.78 is 34.6. The molecule has 0 nitrogen and oxygen atoms in total. The number of halogens is 3. The summed E-state index contributed by atoms with van der Waals surface area (Å²) in [4.78, 5) is 0. The van der Waals surface area contributed by atoms with Crippen LogP contribution < -0.4 is 0 Å². The van der Waals surface area contributed by atoms with Crippen LogP contribution in [0.5, 0.6) is 0 Å². The van der Waals surface area contributed by atoms with E-state index in [0.29, 0.717) is 0 Å². The van der Waals surface area contributed by atoms with Crippen molar-refractivity contribution in [2.75, 3.05) is 0 Å². The lowest BCUT2D eigenvalue weighted by molar-refractivity contribution is -0.0888. The van der Waals surface area contributed by atoms with Gasteiger partial charge in [0.1, 0.15) is 0 Å². The highest BCUT2D eigenvalue weighted by atomic mass is 19.4. The van der Waals surface area contributed by atoms with Gasteiger partial charge in [0.15, 0.2) is 0 Å². The van der Waals surface area contributed by atoms with Crippen molar-refractivity contribution in [2.24, 2.45) is 0 Å². The van der Waals surface area contributed by atoms with Crippen molar-refractivity contribution in [1.82, 2.24) is 0 Å². The van der Waals surface area contributed by atoms with Crippen LogP contribution in [0.25, 0.3) is 0 Å². The Labute approximate surface area is 51.7 Å². The highest BCUT2D eigenvalue weighted by Gasteiger charge is 2.31. The van der Waals surface area contributed by atoms with Crippen LogP contribution in [0.3, 0.4) is 0 Å². The molecule has 0 rings (SSSR count). The van der Waals surface area contributed by atoms with E-state index in [-0.39, 0.29) is 5.57 Å². The van der Waals surface area contributed by atoms with E-state index in [1.54, 1.807) is 0 Å². The first-order valence-corrected chi connectivity index (χ1v) is 2.27. The number of hydrogen-bond acceptors (Lipinski definition) is 0. The standard InChI is InChI=1S/C6H7F3/c1-4(2)5(3)6(7,8)9/h1,3H2,2H3. The van der Waals surface area contributed by atoms with Gasteiger partial charge in [0.25, 0.3) is 0 Å². The minimum atomic E-state index is -4.31. The van der Waals surface area contributed by atoms with Gasteiger partial charge in [0, 0.05) is 0 Å². The van der Waals surface area contributed by atoms with Gasteiger partial charge >= 0.3 is 6.18 Å². The molecule has 0 radical (unpaired) electrons. The molecule has 0 amide bonds. The minimum absolute atomic E-state index is 0.0394. The molecule has 0 aliphatic carbocycles. The lowest BCUT2D eigenvalue weighted by Crippen LogP contribution is -2.10. The molecule has 0 aromatic carbocycles. The normalized spacial score (nSPS) is 11.1. The Morgan fingerprint density at radius 2 is 1.56 bits per heavy atom. The highest BCUT2D eigenvalue weighted by molar-refractivity contribution is 5.26. The molecule has 0 saturated carbocycles. The van der Waals surface area contributed by atoms with Gasteiger partial charge in [-0.1, -0.05) is 13.2 Å². The summed E-state index contributed by atoms with van der Waals surface area (Å²) in [7, 11) is 0. The topological polar surface area (TPSA) is 0 Å². The molecular weight excluding hydrogens is 129 g/mol. The molecule has 52 valence electrons. The summed E-state index contributed by atoms with van der Waals surface area (Å²) in [6.45, 7) is 7.18. The smallest absolute Gasteiger partial charge is 0.166 e. The van der Waals surface area contributed by atoms with E-state index < -0.39 is 11.7 Å². The van der Waals surface area contributed by atoms with Crippen LogP contribution in [0.15, 0.2) is 24.3 Å². The van der Waals surface area contributed by atoms with Gasteiger partial charge < -0.3 is 0 Å². The predicted molar refractivity (Wildman–Crippen MR) is 30.0 cm³/mol. The molecule has 0 heterocycles. The average Bonchev–Trinajstić information content (AvgIpc) is 1.62. The molecule has 0 bridgehead atoms. The van der Waals surface area contributed by atoms with Crippen LogP contribution in [0, 0.1) is 0 Å². The summed E-state index contributed by atoms with van der Waals surface area (Å²) >= 11 is 0. The fourth-order valence-electron chi connectivity index (χ4n) is 0.242. The van der Waals surface area contributed by atoms with Crippen molar-refractivity contribution in [1.29, 1.82) is 0 Å². The first kappa shape index (κ1) is 8.27. The Morgan fingerprint density at radius 3 is 1.56 bits per heavy atom. The fraction of sp³-hybridized carbons (Fsp3) is 0.333. The number of allylic oxidation sites excluding steroid dienone is 2. The van der Waals surface area contributed by atoms with Crippen molar-refractivity contribution in [3.05, 3.63) is 24.3 Å². The van der Waals surface area contributed by atoms with Gasteiger partial charge in [0.05, 0.1) is 5.57 Å². The van der Waals surface area contributed by atoms with Gasteiger partial charge in [-0.05, 0) is 12.5 Å². The van der Waals surface area contributed by atoms with Crippen LogP contribution in [0.1, 0.15) is 6.92 Å². The van der Waals surface area contributed by atoms with Crippen LogP contribution in [0.4, 0.5) is 13.2 Å². The maximum atomic E-state index is 11.5. The lowest BCUT2D eigenvalue weighted by Gasteiger charge is -2.07. The monoisotopic (exact) mass is 136 g/mol. The summed E-state index contributed by atoms with van der Waals surface area (Å²) in [5, 5.41) is 0. The van der Waals surface area contributed by atoms with E-state index in [1.807, 2.05) is 0 Å². The van der Waals surface area contributed by atoms with E-state index in [9.17, 15) is 13.2 Å². The van der Waals surface area contributed by atoms with E-state index in [2.05, 4.69) is 13.2 Å². The molecule has 0 N–H and O–H groups in total. The van der Waals surface area contributed by atoms with Crippen LogP contribution in [-0.4, -0.2) is 6.18 Å². The van der Waals surface area contributed by atoms with Crippen molar-refractivity contribution < 1.29 is 13.2 Å². The van der Waals surface area contributed by atoms with E-state index in [1.165, 1.54) is 6.92 Å². The van der Waals surface area contributed by atoms with Gasteiger partial charge in [-0.3, -0.25) is 0 Å². The Bertz CT molecular complexity index is 141. The van der Waals surface area contributed by atoms with Gasteiger partial charge in [0.2, 0.25) is 0 Å². The zero-order valence-corrected chi connectivity index (χ0v) is 5.05. The van der Waals surface area contributed by atoms with Crippen LogP contribution >= 0.6 is 0 Å². The quantitative estimate of drug-likeness (QED) is 0.486. The third kappa shape index (κ3) is 2.35. The molecule has 0 fully saturated rings. The number of hydrogen-bond donors (Lipinski definition) is 0. The number of alkyl halides is 3. The molecule has 0 unspecified atom stereocenters. The van der Waals surface area contributed by atoms with Gasteiger partial charge in [-0.15, -0.1) is 0 Å². The second kappa shape index (κ2) is 2.25. The summed E-state index contributed by atoms with van der Waals surface area (Å²) in [6.07, 6.45) is -4.31. The van der Waals surface area contributed by atoms with Crippen LogP contribution in [-0.2, 0) is 0 Å². The zero-order chi connectivity index (χ0) is 7.65. The maximum absolute atomic E-state index is 11.5. The first-order valence-electron chi connectivity index (χ1n) is 2.27. The molecule has 0 saturated heterocycles. The molecular formula is C6H7F3. The van der Waals surface area contributed by atoms with Crippen molar-refractivity contribution >= 4 is 0 Å². The molecule has 9 heavy (non-hydrogen) atoms. The SMILES string of the molecule is C=C(C)C(=C)C(F)(F)F. The second-order valence-electron chi connectivity index (χ2n) is 1.76. The predicted octanol–water partition coefficient (Wildman–Crippen LogP) is 2.68. The molecule has 3 heteroatoms. The fourth-order valence-corrected chi connectivity index (χ4v) is 0.242. The van der Waals surface area contributed by atoms with Crippen molar-refractivity contribution in [3.8, 4) is 0 Å². The molecule has 0 atom stereocenters. The third-order valence-corrected chi connectivity index (χ3v) is 0.857. The van der Waals surface area contributed by atoms with Crippen molar-refractivity contribution in [2.45, 2.75) is 13.1 Å². The molecule has 0 aromatic rings. The largest absolute Gasteiger partial charge is 0.416 e. The first-order chi connectivity index (χ1) is 3.85. The number of rotatable bonds is 1. The van der Waals surface area contributed by atoms with Crippen LogP contribution in [0.2, 0.25) is 0 Å². The van der Waals surface area contributed by atoms with Gasteiger partial charge in [-0.25, -0.2) is 0 Å². The highest BCUT2D eigenvalue weighted by Crippen LogP contribution is 2.28. The zero-order valence-electron chi connectivity index (χ0n) is 5.05. The molecule has 0 aliphatic heterocycles.